The van der Waals surface area contributed by atoms with E-state index >= 15 is 0 Å². The molecule has 0 saturated heterocycles. The van der Waals surface area contributed by atoms with Gasteiger partial charge < -0.3 is 0 Å². The van der Waals surface area contributed by atoms with E-state index in [9.17, 15) is 0 Å². The Morgan fingerprint density at radius 3 is 1.82 bits per heavy atom. The first kappa shape index (κ1) is 12.3. The zero-order valence-corrected chi connectivity index (χ0v) is 10.4. The van der Waals surface area contributed by atoms with Gasteiger partial charge in [-0.05, 0) is 24.3 Å². The lowest BCUT2D eigenvalue weighted by atomic mass is 10.6. The molecule has 0 amide bonds. The quantitative estimate of drug-likeness (QED) is 0.705. The lowest BCUT2D eigenvalue weighted by molar-refractivity contribution is 1.11. The largest absolute Gasteiger partial charge is 0.287 e. The van der Waals surface area contributed by atoms with Crippen molar-refractivity contribution in [3.8, 4) is 0 Å². The molecule has 0 aromatic heterocycles. The van der Waals surface area contributed by atoms with Crippen LogP contribution < -0.4 is 5.50 Å². The summed E-state index contributed by atoms with van der Waals surface area (Å²) in [5, 5.41) is 0. The van der Waals surface area contributed by atoms with E-state index in [1.807, 2.05) is 0 Å². The van der Waals surface area contributed by atoms with Gasteiger partial charge in [-0.15, -0.1) is 0 Å². The Balaban J connectivity index is 3.53. The minimum Gasteiger partial charge on any atom is -0.287 e. The molecule has 0 rings (SSSR count). The van der Waals surface area contributed by atoms with E-state index in [0.29, 0.717) is 0 Å². The first-order valence-corrected chi connectivity index (χ1v) is 9.85. The maximum atomic E-state index is 5.94. The second kappa shape index (κ2) is 6.79. The Kier molecular flexibility index (Phi) is 7.59. The van der Waals surface area contributed by atoms with E-state index in [1.165, 1.54) is 12.8 Å². The molecule has 0 bridgehead atoms. The topological polar surface area (TPSA) is 26.0 Å². The minimum absolute atomic E-state index is 1.12. The van der Waals surface area contributed by atoms with Crippen LogP contribution in [0.25, 0.3) is 0 Å². The van der Waals surface area contributed by atoms with E-state index < -0.39 is 4.59 Å². The Morgan fingerprint density at radius 1 is 1.18 bits per heavy atom. The Labute approximate surface area is 82.8 Å². The van der Waals surface area contributed by atoms with Crippen LogP contribution in [0, 0.1) is 0 Å². The molecule has 0 spiro atoms. The molecule has 0 aliphatic carbocycles. The van der Waals surface area contributed by atoms with Crippen LogP contribution in [0.4, 0.5) is 0 Å². The second-order valence-corrected chi connectivity index (χ2v) is 13.4. The predicted octanol–water partition coefficient (Wildman–Crippen LogP) is 3.46. The summed E-state index contributed by atoms with van der Waals surface area (Å²) in [4.78, 5) is 0. The molecule has 0 radical (unpaired) electrons. The number of rotatable bonds is 6. The third-order valence-electron chi connectivity index (χ3n) is 0.951. The van der Waals surface area contributed by atoms with Crippen LogP contribution in [0.5, 0.6) is 0 Å². The molecule has 2 N–H and O–H groups in total. The molecule has 68 valence electrons. The van der Waals surface area contributed by atoms with Crippen LogP contribution in [-0.4, -0.2) is 11.5 Å². The van der Waals surface area contributed by atoms with Gasteiger partial charge in [0, 0.05) is 0 Å². The lowest BCUT2D eigenvalue weighted by Gasteiger charge is -2.13. The van der Waals surface area contributed by atoms with E-state index in [0.717, 1.165) is 11.5 Å². The smallest absolute Gasteiger partial charge is 0.115 e. The highest BCUT2D eigenvalue weighted by molar-refractivity contribution is 8.99. The monoisotopic (exact) mass is 229 g/mol. The van der Waals surface area contributed by atoms with Crippen molar-refractivity contribution in [3.05, 3.63) is 0 Å². The summed E-state index contributed by atoms with van der Waals surface area (Å²) >= 11 is 8.86. The molecule has 1 nitrogen and oxygen atoms in total. The SMILES string of the molecule is CCCSP(N)(=S)SCCC. The molecule has 0 unspecified atom stereocenters. The molecule has 0 fully saturated rings. The Morgan fingerprint density at radius 2 is 1.55 bits per heavy atom. The molecule has 0 aromatic carbocycles. The maximum absolute atomic E-state index is 5.94. The lowest BCUT2D eigenvalue weighted by Crippen LogP contribution is -1.87. The van der Waals surface area contributed by atoms with Gasteiger partial charge in [0.25, 0.3) is 0 Å². The third kappa shape index (κ3) is 7.66. The summed E-state index contributed by atoms with van der Waals surface area (Å²) in [7, 11) is 0. The highest BCUT2D eigenvalue weighted by Gasteiger charge is 2.09. The van der Waals surface area contributed by atoms with Gasteiger partial charge in [-0.2, -0.15) is 0 Å². The minimum atomic E-state index is -1.56. The van der Waals surface area contributed by atoms with Gasteiger partial charge in [-0.1, -0.05) is 48.4 Å². The highest BCUT2D eigenvalue weighted by atomic mass is 33.2. The molecule has 5 heteroatoms. The van der Waals surface area contributed by atoms with Crippen LogP contribution in [0.15, 0.2) is 0 Å². The first-order valence-electron chi connectivity index (χ1n) is 3.80. The number of hydrogen-bond acceptors (Lipinski definition) is 3. The van der Waals surface area contributed by atoms with Crippen molar-refractivity contribution in [3.63, 3.8) is 0 Å². The zero-order valence-electron chi connectivity index (χ0n) is 7.08. The van der Waals surface area contributed by atoms with E-state index in [2.05, 4.69) is 13.8 Å². The van der Waals surface area contributed by atoms with Crippen molar-refractivity contribution in [2.24, 2.45) is 5.50 Å². The maximum Gasteiger partial charge on any atom is 0.115 e. The molecule has 0 saturated carbocycles. The second-order valence-electron chi connectivity index (χ2n) is 2.21. The fourth-order valence-electron chi connectivity index (χ4n) is 0.474. The normalized spacial score (nSPS) is 11.9. The molecule has 11 heavy (non-hydrogen) atoms. The van der Waals surface area contributed by atoms with Crippen molar-refractivity contribution >= 4 is 39.2 Å². The van der Waals surface area contributed by atoms with Crippen molar-refractivity contribution in [2.45, 2.75) is 26.7 Å². The van der Waals surface area contributed by atoms with Crippen molar-refractivity contribution in [1.82, 2.24) is 0 Å². The van der Waals surface area contributed by atoms with Crippen molar-refractivity contribution in [2.75, 3.05) is 11.5 Å². The first-order chi connectivity index (χ1) is 5.12. The molecule has 0 aliphatic rings. The van der Waals surface area contributed by atoms with Gasteiger partial charge >= 0.3 is 0 Å². The molecule has 0 heterocycles. The zero-order chi connectivity index (χ0) is 8.74. The van der Waals surface area contributed by atoms with Crippen LogP contribution in [-0.2, 0) is 11.8 Å². The average molecular weight is 229 g/mol. The van der Waals surface area contributed by atoms with Gasteiger partial charge in [0.2, 0.25) is 0 Å². The molecular weight excluding hydrogens is 213 g/mol. The van der Waals surface area contributed by atoms with Crippen molar-refractivity contribution < 1.29 is 0 Å². The molecule has 0 aliphatic heterocycles. The van der Waals surface area contributed by atoms with Gasteiger partial charge in [0.15, 0.2) is 0 Å². The van der Waals surface area contributed by atoms with Crippen LogP contribution >= 0.6 is 27.4 Å². The standard InChI is InChI=1S/C6H16NPS3/c1-3-5-10-8(7,9)11-6-4-2/h3-6H2,1-2H3,(H2,7,9). The molecular formula is C6H16NPS3. The molecule has 0 atom stereocenters. The van der Waals surface area contributed by atoms with Crippen LogP contribution in [0.3, 0.4) is 0 Å². The highest BCUT2D eigenvalue weighted by Crippen LogP contribution is 2.62. The van der Waals surface area contributed by atoms with Crippen LogP contribution in [0.1, 0.15) is 26.7 Å². The fourth-order valence-corrected chi connectivity index (χ4v) is 7.62. The Bertz CT molecular complexity index is 128. The third-order valence-corrected chi connectivity index (χ3v) is 9.90. The van der Waals surface area contributed by atoms with Crippen LogP contribution in [0.2, 0.25) is 0 Å². The van der Waals surface area contributed by atoms with Gasteiger partial charge in [0.1, 0.15) is 4.59 Å². The summed E-state index contributed by atoms with van der Waals surface area (Å²) in [5.41, 5.74) is 5.94. The Hall–Kier alpha value is 1.31. The predicted molar refractivity (Wildman–Crippen MR) is 64.0 cm³/mol. The average Bonchev–Trinajstić information content (AvgIpc) is 1.97. The number of hydrogen-bond donors (Lipinski definition) is 1. The number of nitrogens with two attached hydrogens (primary N) is 1. The summed E-state index contributed by atoms with van der Waals surface area (Å²) in [5.74, 6) is 2.23. The van der Waals surface area contributed by atoms with E-state index in [-0.39, 0.29) is 0 Å². The van der Waals surface area contributed by atoms with Crippen molar-refractivity contribution in [1.29, 1.82) is 0 Å². The summed E-state index contributed by atoms with van der Waals surface area (Å²) in [6, 6.07) is 0. The van der Waals surface area contributed by atoms with Gasteiger partial charge in [-0.3, -0.25) is 5.50 Å². The summed E-state index contributed by atoms with van der Waals surface area (Å²) in [6.07, 6.45) is 2.35. The van der Waals surface area contributed by atoms with E-state index in [4.69, 9.17) is 17.3 Å². The summed E-state index contributed by atoms with van der Waals surface area (Å²) in [6.45, 7) is 4.32. The fraction of sp³-hybridized carbons (Fsp3) is 1.00. The van der Waals surface area contributed by atoms with Gasteiger partial charge in [0.05, 0.1) is 0 Å². The molecule has 0 aromatic rings. The van der Waals surface area contributed by atoms with Gasteiger partial charge in [-0.25, -0.2) is 0 Å². The van der Waals surface area contributed by atoms with E-state index in [1.54, 1.807) is 22.8 Å². The summed E-state index contributed by atoms with van der Waals surface area (Å²) < 4.78 is -1.56.